The SMILES string of the molecule is Nc1ncc(CCN2CCOCC2)s1. The minimum atomic E-state index is 0.668. The van der Waals surface area contributed by atoms with Crippen molar-refractivity contribution < 1.29 is 4.74 Å². The van der Waals surface area contributed by atoms with Crippen LogP contribution in [0.15, 0.2) is 6.20 Å². The quantitative estimate of drug-likeness (QED) is 0.799. The Hall–Kier alpha value is -0.650. The zero-order valence-electron chi connectivity index (χ0n) is 8.11. The molecule has 5 heteroatoms. The molecule has 1 aromatic heterocycles. The first-order chi connectivity index (χ1) is 6.84. The van der Waals surface area contributed by atoms with E-state index in [4.69, 9.17) is 10.5 Å². The van der Waals surface area contributed by atoms with Crippen LogP contribution in [0.4, 0.5) is 5.13 Å². The molecule has 0 unspecified atom stereocenters. The molecule has 1 aliphatic rings. The molecule has 14 heavy (non-hydrogen) atoms. The Morgan fingerprint density at radius 3 is 2.93 bits per heavy atom. The van der Waals surface area contributed by atoms with Crippen molar-refractivity contribution in [3.63, 3.8) is 0 Å². The monoisotopic (exact) mass is 213 g/mol. The minimum absolute atomic E-state index is 0.668. The van der Waals surface area contributed by atoms with Crippen LogP contribution in [-0.4, -0.2) is 42.7 Å². The van der Waals surface area contributed by atoms with E-state index < -0.39 is 0 Å². The average molecular weight is 213 g/mol. The van der Waals surface area contributed by atoms with E-state index in [1.807, 2.05) is 6.20 Å². The molecule has 2 heterocycles. The molecule has 0 spiro atoms. The molecule has 0 atom stereocenters. The lowest BCUT2D eigenvalue weighted by Gasteiger charge is -2.26. The number of rotatable bonds is 3. The van der Waals surface area contributed by atoms with Gasteiger partial charge in [0.1, 0.15) is 0 Å². The van der Waals surface area contributed by atoms with Gasteiger partial charge in [-0.05, 0) is 6.42 Å². The minimum Gasteiger partial charge on any atom is -0.379 e. The van der Waals surface area contributed by atoms with Crippen molar-refractivity contribution >= 4 is 16.5 Å². The molecule has 1 saturated heterocycles. The van der Waals surface area contributed by atoms with Crippen LogP contribution in [-0.2, 0) is 11.2 Å². The van der Waals surface area contributed by atoms with Crippen LogP contribution in [0, 0.1) is 0 Å². The molecule has 0 saturated carbocycles. The fraction of sp³-hybridized carbons (Fsp3) is 0.667. The summed E-state index contributed by atoms with van der Waals surface area (Å²) in [6.07, 6.45) is 2.93. The number of nitrogen functional groups attached to an aromatic ring is 1. The molecule has 78 valence electrons. The molecular weight excluding hydrogens is 198 g/mol. The summed E-state index contributed by atoms with van der Waals surface area (Å²) in [6.45, 7) is 4.92. The number of aromatic nitrogens is 1. The third kappa shape index (κ3) is 2.67. The Morgan fingerprint density at radius 1 is 1.50 bits per heavy atom. The first-order valence-corrected chi connectivity index (χ1v) is 5.66. The summed E-state index contributed by atoms with van der Waals surface area (Å²) in [5, 5.41) is 0.668. The van der Waals surface area contributed by atoms with Gasteiger partial charge in [0.15, 0.2) is 5.13 Å². The molecule has 0 radical (unpaired) electrons. The normalized spacial score (nSPS) is 18.6. The molecular formula is C9H15N3OS. The van der Waals surface area contributed by atoms with Crippen LogP contribution in [0.3, 0.4) is 0 Å². The van der Waals surface area contributed by atoms with E-state index in [-0.39, 0.29) is 0 Å². The maximum Gasteiger partial charge on any atom is 0.180 e. The second-order valence-electron chi connectivity index (χ2n) is 3.37. The van der Waals surface area contributed by atoms with E-state index in [0.29, 0.717) is 5.13 Å². The van der Waals surface area contributed by atoms with Crippen molar-refractivity contribution in [3.05, 3.63) is 11.1 Å². The highest BCUT2D eigenvalue weighted by molar-refractivity contribution is 7.15. The topological polar surface area (TPSA) is 51.4 Å². The molecule has 1 aliphatic heterocycles. The first kappa shape index (κ1) is 9.89. The Kier molecular flexibility index (Phi) is 3.34. The van der Waals surface area contributed by atoms with Gasteiger partial charge >= 0.3 is 0 Å². The summed E-state index contributed by atoms with van der Waals surface area (Å²) < 4.78 is 5.28. The average Bonchev–Trinajstić information content (AvgIpc) is 2.63. The van der Waals surface area contributed by atoms with Gasteiger partial charge in [0, 0.05) is 30.7 Å². The summed E-state index contributed by atoms with van der Waals surface area (Å²) >= 11 is 1.59. The van der Waals surface area contributed by atoms with Crippen molar-refractivity contribution in [1.29, 1.82) is 0 Å². The second-order valence-corrected chi connectivity index (χ2v) is 4.52. The number of nitrogens with two attached hydrogens (primary N) is 1. The lowest BCUT2D eigenvalue weighted by Crippen LogP contribution is -2.37. The number of hydrogen-bond acceptors (Lipinski definition) is 5. The molecule has 0 bridgehead atoms. The third-order valence-corrected chi connectivity index (χ3v) is 3.24. The number of morpholine rings is 1. The highest BCUT2D eigenvalue weighted by Crippen LogP contribution is 2.15. The summed E-state index contributed by atoms with van der Waals surface area (Å²) in [4.78, 5) is 7.72. The molecule has 0 amide bonds. The Labute approximate surface area is 87.7 Å². The molecule has 0 aromatic carbocycles. The van der Waals surface area contributed by atoms with Gasteiger partial charge in [0.2, 0.25) is 0 Å². The van der Waals surface area contributed by atoms with Crippen molar-refractivity contribution in [1.82, 2.24) is 9.88 Å². The van der Waals surface area contributed by atoms with E-state index in [0.717, 1.165) is 39.3 Å². The summed E-state index contributed by atoms with van der Waals surface area (Å²) in [7, 11) is 0. The molecule has 0 aliphatic carbocycles. The van der Waals surface area contributed by atoms with E-state index in [9.17, 15) is 0 Å². The predicted octanol–water partition coefficient (Wildman–Crippen LogP) is 0.600. The standard InChI is InChI=1S/C9H15N3OS/c10-9-11-7-8(14-9)1-2-12-3-5-13-6-4-12/h7H,1-6H2,(H2,10,11). The fourth-order valence-electron chi connectivity index (χ4n) is 1.53. The summed E-state index contributed by atoms with van der Waals surface area (Å²) in [6, 6.07) is 0. The number of thiazole rings is 1. The van der Waals surface area contributed by atoms with E-state index in [1.54, 1.807) is 11.3 Å². The highest BCUT2D eigenvalue weighted by Gasteiger charge is 2.10. The largest absolute Gasteiger partial charge is 0.379 e. The molecule has 1 fully saturated rings. The number of anilines is 1. The van der Waals surface area contributed by atoms with Gasteiger partial charge in [-0.1, -0.05) is 0 Å². The predicted molar refractivity (Wildman–Crippen MR) is 57.5 cm³/mol. The van der Waals surface area contributed by atoms with E-state index >= 15 is 0 Å². The van der Waals surface area contributed by atoms with Gasteiger partial charge in [0.05, 0.1) is 13.2 Å². The van der Waals surface area contributed by atoms with Crippen LogP contribution in [0.25, 0.3) is 0 Å². The van der Waals surface area contributed by atoms with Crippen LogP contribution < -0.4 is 5.73 Å². The maximum atomic E-state index is 5.56. The van der Waals surface area contributed by atoms with E-state index in [2.05, 4.69) is 9.88 Å². The maximum absolute atomic E-state index is 5.56. The van der Waals surface area contributed by atoms with Crippen molar-refractivity contribution in [2.75, 3.05) is 38.6 Å². The zero-order valence-corrected chi connectivity index (χ0v) is 8.92. The Balaban J connectivity index is 1.76. The first-order valence-electron chi connectivity index (χ1n) is 4.85. The van der Waals surface area contributed by atoms with Gasteiger partial charge in [-0.25, -0.2) is 4.98 Å². The van der Waals surface area contributed by atoms with Gasteiger partial charge < -0.3 is 10.5 Å². The Bertz CT molecular complexity index is 283. The molecule has 2 N–H and O–H groups in total. The smallest absolute Gasteiger partial charge is 0.180 e. The van der Waals surface area contributed by atoms with Crippen LogP contribution >= 0.6 is 11.3 Å². The second kappa shape index (κ2) is 4.72. The number of nitrogens with zero attached hydrogens (tertiary/aromatic N) is 2. The van der Waals surface area contributed by atoms with Gasteiger partial charge in [-0.15, -0.1) is 11.3 Å². The van der Waals surface area contributed by atoms with Gasteiger partial charge in [-0.3, -0.25) is 4.90 Å². The lowest BCUT2D eigenvalue weighted by molar-refractivity contribution is 0.0385. The fourth-order valence-corrected chi connectivity index (χ4v) is 2.20. The zero-order chi connectivity index (χ0) is 9.80. The van der Waals surface area contributed by atoms with Crippen LogP contribution in [0.1, 0.15) is 4.88 Å². The van der Waals surface area contributed by atoms with E-state index in [1.165, 1.54) is 4.88 Å². The molecule has 1 aromatic rings. The van der Waals surface area contributed by atoms with Crippen molar-refractivity contribution in [2.24, 2.45) is 0 Å². The number of hydrogen-bond donors (Lipinski definition) is 1. The summed E-state index contributed by atoms with van der Waals surface area (Å²) in [5.74, 6) is 0. The van der Waals surface area contributed by atoms with Gasteiger partial charge in [-0.2, -0.15) is 0 Å². The summed E-state index contributed by atoms with van der Waals surface area (Å²) in [5.41, 5.74) is 5.56. The third-order valence-electron chi connectivity index (χ3n) is 2.35. The molecule has 4 nitrogen and oxygen atoms in total. The van der Waals surface area contributed by atoms with Gasteiger partial charge in [0.25, 0.3) is 0 Å². The lowest BCUT2D eigenvalue weighted by atomic mass is 10.3. The van der Waals surface area contributed by atoms with Crippen molar-refractivity contribution in [2.45, 2.75) is 6.42 Å². The highest BCUT2D eigenvalue weighted by atomic mass is 32.1. The Morgan fingerprint density at radius 2 is 2.29 bits per heavy atom. The molecule has 2 rings (SSSR count). The van der Waals surface area contributed by atoms with Crippen molar-refractivity contribution in [3.8, 4) is 0 Å². The van der Waals surface area contributed by atoms with Crippen LogP contribution in [0.5, 0.6) is 0 Å². The van der Waals surface area contributed by atoms with Crippen LogP contribution in [0.2, 0.25) is 0 Å². The number of ether oxygens (including phenoxy) is 1.